The molecule has 0 bridgehead atoms. The number of aldehydes is 1. The average molecular weight is 449 g/mol. The van der Waals surface area contributed by atoms with Crippen LogP contribution in [-0.2, 0) is 11.2 Å². The number of benzene rings is 3. The molecule has 0 aliphatic carbocycles. The third-order valence-electron chi connectivity index (χ3n) is 5.32. The Kier molecular flexibility index (Phi) is 6.26. The summed E-state index contributed by atoms with van der Waals surface area (Å²) in [5.74, 6) is -0.261. The van der Waals surface area contributed by atoms with Crippen LogP contribution >= 0.6 is 23.2 Å². The van der Waals surface area contributed by atoms with Crippen molar-refractivity contribution in [2.45, 2.75) is 26.2 Å². The van der Waals surface area contributed by atoms with E-state index in [4.69, 9.17) is 28.3 Å². The Morgan fingerprint density at radius 2 is 1.68 bits per heavy atom. The van der Waals surface area contributed by atoms with E-state index in [1.807, 2.05) is 41.9 Å². The maximum atomic E-state index is 11.9. The maximum Gasteiger partial charge on any atom is 0.127 e. The minimum atomic E-state index is -0.261. The molecule has 4 aromatic rings. The second-order valence-electron chi connectivity index (χ2n) is 7.76. The van der Waals surface area contributed by atoms with Crippen molar-refractivity contribution in [2.24, 2.45) is 0 Å². The zero-order valence-corrected chi connectivity index (χ0v) is 18.9. The Labute approximate surface area is 192 Å². The smallest absolute Gasteiger partial charge is 0.127 e. The number of nitrogens with zero attached hydrogens (tertiary/aromatic N) is 2. The van der Waals surface area contributed by atoms with Gasteiger partial charge < -0.3 is 4.79 Å². The van der Waals surface area contributed by atoms with Crippen LogP contribution in [0.2, 0.25) is 10.0 Å². The Hall–Kier alpha value is -2.88. The molecule has 3 aromatic carbocycles. The van der Waals surface area contributed by atoms with Gasteiger partial charge in [0, 0.05) is 17.9 Å². The van der Waals surface area contributed by atoms with E-state index in [2.05, 4.69) is 37.3 Å². The molecule has 1 unspecified atom stereocenters. The predicted octanol–water partition coefficient (Wildman–Crippen LogP) is 6.99. The number of carbonyl (C=O) groups excluding carboxylic acids is 1. The van der Waals surface area contributed by atoms with Gasteiger partial charge in [-0.05, 0) is 43.7 Å². The molecule has 0 aliphatic heterocycles. The summed E-state index contributed by atoms with van der Waals surface area (Å²) < 4.78 is 1.86. The van der Waals surface area contributed by atoms with Crippen LogP contribution in [0.3, 0.4) is 0 Å². The molecule has 0 aliphatic rings. The fourth-order valence-corrected chi connectivity index (χ4v) is 3.94. The van der Waals surface area contributed by atoms with Crippen LogP contribution in [0, 0.1) is 13.8 Å². The van der Waals surface area contributed by atoms with E-state index in [1.54, 1.807) is 12.1 Å². The summed E-state index contributed by atoms with van der Waals surface area (Å²) in [6.45, 7) is 4.09. The van der Waals surface area contributed by atoms with Gasteiger partial charge in [-0.15, -0.1) is 0 Å². The molecule has 0 amide bonds. The first-order valence-corrected chi connectivity index (χ1v) is 10.8. The molecule has 31 heavy (non-hydrogen) atoms. The van der Waals surface area contributed by atoms with E-state index in [9.17, 15) is 4.79 Å². The lowest BCUT2D eigenvalue weighted by atomic mass is 9.94. The van der Waals surface area contributed by atoms with E-state index in [1.165, 1.54) is 5.56 Å². The van der Waals surface area contributed by atoms with Crippen LogP contribution in [0.15, 0.2) is 72.8 Å². The summed E-state index contributed by atoms with van der Waals surface area (Å²) in [6, 6.07) is 23.8. The number of hydrogen-bond acceptors (Lipinski definition) is 2. The van der Waals surface area contributed by atoms with Crippen molar-refractivity contribution in [3.05, 3.63) is 105 Å². The van der Waals surface area contributed by atoms with Crippen molar-refractivity contribution in [1.82, 2.24) is 9.78 Å². The first kappa shape index (κ1) is 21.4. The Morgan fingerprint density at radius 1 is 0.903 bits per heavy atom. The molecule has 0 fully saturated rings. The molecule has 4 rings (SSSR count). The zero-order valence-electron chi connectivity index (χ0n) is 17.3. The topological polar surface area (TPSA) is 34.9 Å². The first-order chi connectivity index (χ1) is 14.9. The lowest BCUT2D eigenvalue weighted by Crippen LogP contribution is -2.06. The fourth-order valence-electron chi connectivity index (χ4n) is 3.64. The van der Waals surface area contributed by atoms with Gasteiger partial charge >= 0.3 is 0 Å². The number of aromatic nitrogens is 2. The van der Waals surface area contributed by atoms with Crippen molar-refractivity contribution >= 4 is 29.5 Å². The van der Waals surface area contributed by atoms with Crippen molar-refractivity contribution in [3.8, 4) is 16.9 Å². The van der Waals surface area contributed by atoms with Gasteiger partial charge in [-0.2, -0.15) is 5.10 Å². The standard InChI is InChI=1S/C26H22Cl2N2O/c1-17-6-8-19(9-7-17)26-14-22(13-21(16-31)20-5-3-4-18(2)12-20)29-30(26)23-10-11-24(27)25(28)15-23/h3-12,14-16,21H,13H2,1-2H3. The highest BCUT2D eigenvalue weighted by Gasteiger charge is 2.18. The van der Waals surface area contributed by atoms with Gasteiger partial charge in [-0.25, -0.2) is 4.68 Å². The normalized spacial score (nSPS) is 12.0. The molecular formula is C26H22Cl2N2O. The average Bonchev–Trinajstić information content (AvgIpc) is 3.18. The largest absolute Gasteiger partial charge is 0.303 e. The summed E-state index contributed by atoms with van der Waals surface area (Å²) in [5, 5.41) is 5.81. The molecule has 0 saturated heterocycles. The van der Waals surface area contributed by atoms with Crippen LogP contribution < -0.4 is 0 Å². The van der Waals surface area contributed by atoms with Gasteiger partial charge in [-0.1, -0.05) is 82.9 Å². The lowest BCUT2D eigenvalue weighted by molar-refractivity contribution is -0.109. The van der Waals surface area contributed by atoms with Crippen molar-refractivity contribution < 1.29 is 4.79 Å². The molecule has 1 heterocycles. The molecule has 0 N–H and O–H groups in total. The molecule has 1 atom stereocenters. The number of aryl methyl sites for hydroxylation is 2. The fraction of sp³-hybridized carbons (Fsp3) is 0.154. The van der Waals surface area contributed by atoms with E-state index in [-0.39, 0.29) is 5.92 Å². The van der Waals surface area contributed by atoms with Gasteiger partial charge in [0.05, 0.1) is 27.1 Å². The molecule has 0 saturated carbocycles. The Balaban J connectivity index is 1.77. The van der Waals surface area contributed by atoms with Crippen LogP contribution in [0.4, 0.5) is 0 Å². The molecule has 0 radical (unpaired) electrons. The Bertz CT molecular complexity index is 1230. The first-order valence-electron chi connectivity index (χ1n) is 10.1. The van der Waals surface area contributed by atoms with Gasteiger partial charge in [-0.3, -0.25) is 0 Å². The summed E-state index contributed by atoms with van der Waals surface area (Å²) in [6.07, 6.45) is 1.51. The monoisotopic (exact) mass is 448 g/mol. The van der Waals surface area contributed by atoms with E-state index >= 15 is 0 Å². The lowest BCUT2D eigenvalue weighted by Gasteiger charge is -2.10. The number of hydrogen-bond donors (Lipinski definition) is 0. The van der Waals surface area contributed by atoms with Gasteiger partial charge in [0.2, 0.25) is 0 Å². The number of rotatable bonds is 6. The van der Waals surface area contributed by atoms with E-state index < -0.39 is 0 Å². The highest BCUT2D eigenvalue weighted by molar-refractivity contribution is 6.42. The summed E-state index contributed by atoms with van der Waals surface area (Å²) in [5.41, 5.74) is 6.93. The molecule has 5 heteroatoms. The van der Waals surface area contributed by atoms with E-state index in [0.29, 0.717) is 16.5 Å². The van der Waals surface area contributed by atoms with Gasteiger partial charge in [0.1, 0.15) is 6.29 Å². The van der Waals surface area contributed by atoms with E-state index in [0.717, 1.165) is 40.1 Å². The van der Waals surface area contributed by atoms with Gasteiger partial charge in [0.25, 0.3) is 0 Å². The quantitative estimate of drug-likeness (QED) is 0.298. The summed E-state index contributed by atoms with van der Waals surface area (Å²) in [4.78, 5) is 11.9. The maximum absolute atomic E-state index is 11.9. The van der Waals surface area contributed by atoms with Crippen LogP contribution in [0.1, 0.15) is 28.3 Å². The molecule has 156 valence electrons. The molecule has 0 spiro atoms. The third-order valence-corrected chi connectivity index (χ3v) is 6.06. The molecule has 1 aromatic heterocycles. The van der Waals surface area contributed by atoms with Crippen LogP contribution in [0.25, 0.3) is 16.9 Å². The predicted molar refractivity (Wildman–Crippen MR) is 127 cm³/mol. The second kappa shape index (κ2) is 9.09. The van der Waals surface area contributed by atoms with Crippen molar-refractivity contribution in [2.75, 3.05) is 0 Å². The van der Waals surface area contributed by atoms with Crippen LogP contribution in [-0.4, -0.2) is 16.1 Å². The summed E-state index contributed by atoms with van der Waals surface area (Å²) >= 11 is 12.4. The van der Waals surface area contributed by atoms with Crippen molar-refractivity contribution in [1.29, 1.82) is 0 Å². The minimum Gasteiger partial charge on any atom is -0.303 e. The highest BCUT2D eigenvalue weighted by Crippen LogP contribution is 2.30. The SMILES string of the molecule is Cc1ccc(-c2cc(CC(C=O)c3cccc(C)c3)nn2-c2ccc(Cl)c(Cl)c2)cc1. The minimum absolute atomic E-state index is 0.261. The number of carbonyl (C=O) groups is 1. The Morgan fingerprint density at radius 3 is 2.35 bits per heavy atom. The summed E-state index contributed by atoms with van der Waals surface area (Å²) in [7, 11) is 0. The third kappa shape index (κ3) is 4.73. The van der Waals surface area contributed by atoms with Crippen molar-refractivity contribution in [3.63, 3.8) is 0 Å². The highest BCUT2D eigenvalue weighted by atomic mass is 35.5. The molecular weight excluding hydrogens is 427 g/mol. The molecule has 3 nitrogen and oxygen atoms in total. The van der Waals surface area contributed by atoms with Crippen LogP contribution in [0.5, 0.6) is 0 Å². The van der Waals surface area contributed by atoms with Gasteiger partial charge in [0.15, 0.2) is 0 Å². The zero-order chi connectivity index (χ0) is 22.0. The number of halogens is 2. The second-order valence-corrected chi connectivity index (χ2v) is 8.57.